The van der Waals surface area contributed by atoms with Crippen LogP contribution in [0.15, 0.2) is 18.2 Å². The van der Waals surface area contributed by atoms with E-state index in [9.17, 15) is 17.6 Å². The van der Waals surface area contributed by atoms with E-state index in [1.54, 1.807) is 4.90 Å². The summed E-state index contributed by atoms with van der Waals surface area (Å²) in [5.74, 6) is -0.440. The SMILES string of the molecule is CCCN(C(=O)COc1ccc(F)c(Cl)c1)C1CCS(=O)(=O)C1. The van der Waals surface area contributed by atoms with Crippen LogP contribution < -0.4 is 4.74 Å². The Morgan fingerprint density at radius 3 is 2.78 bits per heavy atom. The van der Waals surface area contributed by atoms with Crippen LogP contribution in [0.4, 0.5) is 4.39 Å². The van der Waals surface area contributed by atoms with E-state index in [4.69, 9.17) is 16.3 Å². The molecule has 0 radical (unpaired) electrons. The maximum atomic E-state index is 13.1. The lowest BCUT2D eigenvalue weighted by atomic mass is 10.2. The molecule has 1 aromatic carbocycles. The fourth-order valence-electron chi connectivity index (χ4n) is 2.57. The van der Waals surface area contributed by atoms with E-state index in [2.05, 4.69) is 0 Å². The normalized spacial score (nSPS) is 19.5. The highest BCUT2D eigenvalue weighted by atomic mass is 35.5. The van der Waals surface area contributed by atoms with E-state index >= 15 is 0 Å². The fraction of sp³-hybridized carbons (Fsp3) is 0.533. The second-order valence-electron chi connectivity index (χ2n) is 5.51. The van der Waals surface area contributed by atoms with E-state index in [0.717, 1.165) is 12.5 Å². The lowest BCUT2D eigenvalue weighted by molar-refractivity contribution is -0.135. The Morgan fingerprint density at radius 1 is 1.48 bits per heavy atom. The number of carbonyl (C=O) groups excluding carboxylic acids is 1. The van der Waals surface area contributed by atoms with E-state index in [1.165, 1.54) is 12.1 Å². The summed E-state index contributed by atoms with van der Waals surface area (Å²) in [5.41, 5.74) is 0. The first-order valence-corrected chi connectivity index (χ1v) is 9.60. The van der Waals surface area contributed by atoms with Crippen LogP contribution in [0.2, 0.25) is 5.02 Å². The van der Waals surface area contributed by atoms with E-state index in [-0.39, 0.29) is 35.1 Å². The zero-order valence-corrected chi connectivity index (χ0v) is 14.4. The van der Waals surface area contributed by atoms with Gasteiger partial charge in [0, 0.05) is 18.7 Å². The average Bonchev–Trinajstić information content (AvgIpc) is 2.85. The second-order valence-corrected chi connectivity index (χ2v) is 8.14. The monoisotopic (exact) mass is 363 g/mol. The minimum absolute atomic E-state index is 0.00111. The van der Waals surface area contributed by atoms with E-state index in [0.29, 0.717) is 18.7 Å². The lowest BCUT2D eigenvalue weighted by Gasteiger charge is -2.27. The molecule has 0 saturated carbocycles. The Morgan fingerprint density at radius 2 is 2.22 bits per heavy atom. The molecule has 1 unspecified atom stereocenters. The lowest BCUT2D eigenvalue weighted by Crippen LogP contribution is -2.44. The van der Waals surface area contributed by atoms with Gasteiger partial charge in [-0.2, -0.15) is 0 Å². The molecule has 128 valence electrons. The average molecular weight is 364 g/mol. The summed E-state index contributed by atoms with van der Waals surface area (Å²) in [4.78, 5) is 13.9. The van der Waals surface area contributed by atoms with Crippen molar-refractivity contribution in [3.8, 4) is 5.75 Å². The predicted octanol–water partition coefficient (Wildman–Crippen LogP) is 2.28. The predicted molar refractivity (Wildman–Crippen MR) is 86.0 cm³/mol. The van der Waals surface area contributed by atoms with Crippen LogP contribution >= 0.6 is 11.6 Å². The number of hydrogen-bond donors (Lipinski definition) is 0. The number of hydrogen-bond acceptors (Lipinski definition) is 4. The fourth-order valence-corrected chi connectivity index (χ4v) is 4.47. The van der Waals surface area contributed by atoms with Gasteiger partial charge in [-0.1, -0.05) is 18.5 Å². The van der Waals surface area contributed by atoms with Crippen LogP contribution in [0, 0.1) is 5.82 Å². The summed E-state index contributed by atoms with van der Waals surface area (Å²) in [6, 6.07) is 3.55. The molecule has 8 heteroatoms. The largest absolute Gasteiger partial charge is 0.484 e. The van der Waals surface area contributed by atoms with Crippen molar-refractivity contribution in [2.24, 2.45) is 0 Å². The summed E-state index contributed by atoms with van der Waals surface area (Å²) in [7, 11) is -3.06. The van der Waals surface area contributed by atoms with Crippen molar-refractivity contribution in [1.29, 1.82) is 0 Å². The second kappa shape index (κ2) is 7.49. The van der Waals surface area contributed by atoms with Gasteiger partial charge >= 0.3 is 0 Å². The van der Waals surface area contributed by atoms with Gasteiger partial charge in [0.2, 0.25) is 0 Å². The minimum atomic E-state index is -3.06. The molecule has 0 N–H and O–H groups in total. The Balaban J connectivity index is 1.99. The van der Waals surface area contributed by atoms with Gasteiger partial charge in [0.05, 0.1) is 16.5 Å². The maximum absolute atomic E-state index is 13.1. The van der Waals surface area contributed by atoms with Gasteiger partial charge < -0.3 is 9.64 Å². The summed E-state index contributed by atoms with van der Waals surface area (Å²) < 4.78 is 41.6. The summed E-state index contributed by atoms with van der Waals surface area (Å²) in [5, 5.41) is -0.0813. The molecule has 1 saturated heterocycles. The Labute approximate surface area is 140 Å². The molecule has 1 heterocycles. The number of rotatable bonds is 6. The number of nitrogens with zero attached hydrogens (tertiary/aromatic N) is 1. The third kappa shape index (κ3) is 4.81. The summed E-state index contributed by atoms with van der Waals surface area (Å²) >= 11 is 5.66. The first kappa shape index (κ1) is 18.0. The van der Waals surface area contributed by atoms with Crippen molar-refractivity contribution in [3.63, 3.8) is 0 Å². The quantitative estimate of drug-likeness (QED) is 0.777. The third-order valence-corrected chi connectivity index (χ3v) is 5.73. The van der Waals surface area contributed by atoms with Crippen LogP contribution in [0.25, 0.3) is 0 Å². The smallest absolute Gasteiger partial charge is 0.260 e. The molecule has 1 fully saturated rings. The van der Waals surface area contributed by atoms with Crippen LogP contribution in [0.5, 0.6) is 5.75 Å². The molecule has 1 aromatic rings. The molecule has 0 aromatic heterocycles. The number of ether oxygens (including phenoxy) is 1. The number of carbonyl (C=O) groups is 1. The highest BCUT2D eigenvalue weighted by Gasteiger charge is 2.34. The van der Waals surface area contributed by atoms with Gasteiger partial charge in [0.25, 0.3) is 5.91 Å². The third-order valence-electron chi connectivity index (χ3n) is 3.69. The number of halogens is 2. The summed E-state index contributed by atoms with van der Waals surface area (Å²) in [6.45, 7) is 2.16. The van der Waals surface area contributed by atoms with Crippen LogP contribution in [-0.4, -0.2) is 49.9 Å². The Kier molecular flexibility index (Phi) is 5.86. The Hall–Kier alpha value is -1.34. The highest BCUT2D eigenvalue weighted by molar-refractivity contribution is 7.91. The van der Waals surface area contributed by atoms with Gasteiger partial charge in [-0.15, -0.1) is 0 Å². The molecular formula is C15H19ClFNO4S. The van der Waals surface area contributed by atoms with Crippen LogP contribution in [-0.2, 0) is 14.6 Å². The molecule has 0 spiro atoms. The number of amides is 1. The van der Waals surface area contributed by atoms with Crippen molar-refractivity contribution in [2.45, 2.75) is 25.8 Å². The van der Waals surface area contributed by atoms with Gasteiger partial charge in [-0.3, -0.25) is 4.79 Å². The minimum Gasteiger partial charge on any atom is -0.484 e. The molecule has 0 bridgehead atoms. The zero-order valence-electron chi connectivity index (χ0n) is 12.8. The zero-order chi connectivity index (χ0) is 17.0. The van der Waals surface area contributed by atoms with Crippen molar-refractivity contribution < 1.29 is 22.3 Å². The molecule has 23 heavy (non-hydrogen) atoms. The standard InChI is InChI=1S/C15H19ClFNO4S/c1-2-6-18(11-5-7-23(20,21)10-11)15(19)9-22-12-3-4-14(17)13(16)8-12/h3-4,8,11H,2,5-7,9-10H2,1H3. The number of sulfone groups is 1. The van der Waals surface area contributed by atoms with Gasteiger partial charge in [0.1, 0.15) is 11.6 Å². The molecule has 0 aliphatic carbocycles. The summed E-state index contributed by atoms with van der Waals surface area (Å²) in [6.07, 6.45) is 1.18. The topological polar surface area (TPSA) is 63.7 Å². The van der Waals surface area contributed by atoms with Gasteiger partial charge in [-0.05, 0) is 25.0 Å². The van der Waals surface area contributed by atoms with E-state index < -0.39 is 15.7 Å². The molecule has 2 rings (SSSR count). The van der Waals surface area contributed by atoms with Crippen molar-refractivity contribution in [3.05, 3.63) is 29.0 Å². The van der Waals surface area contributed by atoms with Gasteiger partial charge in [0.15, 0.2) is 16.4 Å². The first-order chi connectivity index (χ1) is 10.8. The highest BCUT2D eigenvalue weighted by Crippen LogP contribution is 2.22. The molecule has 1 atom stereocenters. The van der Waals surface area contributed by atoms with Crippen LogP contribution in [0.1, 0.15) is 19.8 Å². The molecular weight excluding hydrogens is 345 g/mol. The molecule has 5 nitrogen and oxygen atoms in total. The van der Waals surface area contributed by atoms with E-state index in [1.807, 2.05) is 6.92 Å². The number of benzene rings is 1. The van der Waals surface area contributed by atoms with Crippen molar-refractivity contribution in [1.82, 2.24) is 4.90 Å². The van der Waals surface area contributed by atoms with Crippen LogP contribution in [0.3, 0.4) is 0 Å². The van der Waals surface area contributed by atoms with Gasteiger partial charge in [-0.25, -0.2) is 12.8 Å². The molecule has 1 aliphatic rings. The molecule has 1 aliphatic heterocycles. The van der Waals surface area contributed by atoms with Crippen molar-refractivity contribution >= 4 is 27.3 Å². The Bertz CT molecular complexity index is 680. The maximum Gasteiger partial charge on any atom is 0.260 e. The van der Waals surface area contributed by atoms with Crippen molar-refractivity contribution in [2.75, 3.05) is 24.7 Å². The first-order valence-electron chi connectivity index (χ1n) is 7.40. The molecule has 1 amide bonds.